The monoisotopic (exact) mass is 561 g/mol. The lowest BCUT2D eigenvalue weighted by molar-refractivity contribution is 0.0303. The van der Waals surface area contributed by atoms with Gasteiger partial charge in [0.25, 0.3) is 11.8 Å². The van der Waals surface area contributed by atoms with E-state index < -0.39 is 15.9 Å². The van der Waals surface area contributed by atoms with E-state index in [0.717, 1.165) is 6.26 Å². The van der Waals surface area contributed by atoms with Crippen LogP contribution >= 0.6 is 23.2 Å². The number of carbonyl (C=O) groups excluding carboxylic acids is 2. The van der Waals surface area contributed by atoms with Gasteiger partial charge in [-0.25, -0.2) is 8.42 Å². The molecule has 0 aliphatic carbocycles. The maximum Gasteiger partial charge on any atom is 0.256 e. The molecule has 0 radical (unpaired) electrons. The molecule has 0 atom stereocenters. The van der Waals surface area contributed by atoms with Gasteiger partial charge < -0.3 is 15.0 Å². The van der Waals surface area contributed by atoms with Gasteiger partial charge in [-0.15, -0.1) is 0 Å². The third-order valence-corrected chi connectivity index (χ3v) is 7.36. The van der Waals surface area contributed by atoms with E-state index in [9.17, 15) is 18.0 Å². The molecule has 3 aromatic rings. The standard InChI is InChI=1S/C26H25Cl2N3O5S/c1-37(34,35)31(22-15-20(27)14-21(28)16-22)17-18-6-8-19(9-7-18)25(32)29-24-5-3-2-4-23(24)26(33)30-10-12-36-13-11-30/h2-9,14-16H,10-13,17H2,1H3,(H,29,32). The van der Waals surface area contributed by atoms with Gasteiger partial charge in [-0.3, -0.25) is 13.9 Å². The number of ether oxygens (including phenoxy) is 1. The van der Waals surface area contributed by atoms with E-state index in [2.05, 4.69) is 5.32 Å². The van der Waals surface area contributed by atoms with Crippen molar-refractivity contribution < 1.29 is 22.7 Å². The molecule has 0 unspecified atom stereocenters. The first-order chi connectivity index (χ1) is 17.6. The van der Waals surface area contributed by atoms with Crippen molar-refractivity contribution in [1.29, 1.82) is 0 Å². The molecular formula is C26H25Cl2N3O5S. The molecule has 8 nitrogen and oxygen atoms in total. The quantitative estimate of drug-likeness (QED) is 0.451. The smallest absolute Gasteiger partial charge is 0.256 e. The lowest BCUT2D eigenvalue weighted by Crippen LogP contribution is -2.41. The highest BCUT2D eigenvalue weighted by Gasteiger charge is 2.22. The number of hydrogen-bond acceptors (Lipinski definition) is 5. The summed E-state index contributed by atoms with van der Waals surface area (Å²) in [4.78, 5) is 27.6. The zero-order chi connectivity index (χ0) is 26.6. The van der Waals surface area contributed by atoms with E-state index in [1.54, 1.807) is 53.4 Å². The number of amides is 2. The predicted octanol–water partition coefficient (Wildman–Crippen LogP) is 4.68. The fraction of sp³-hybridized carbons (Fsp3) is 0.231. The van der Waals surface area contributed by atoms with Crippen molar-refractivity contribution in [2.45, 2.75) is 6.54 Å². The minimum atomic E-state index is -3.65. The number of para-hydroxylation sites is 1. The Morgan fingerprint density at radius 3 is 2.22 bits per heavy atom. The summed E-state index contributed by atoms with van der Waals surface area (Å²) < 4.78 is 31.5. The Kier molecular flexibility index (Phi) is 8.39. The SMILES string of the molecule is CS(=O)(=O)N(Cc1ccc(C(=O)Nc2ccccc2C(=O)N2CCOCC2)cc1)c1cc(Cl)cc(Cl)c1. The number of anilines is 2. The fourth-order valence-corrected chi connectivity index (χ4v) is 5.31. The summed E-state index contributed by atoms with van der Waals surface area (Å²) in [5.74, 6) is -0.563. The number of benzene rings is 3. The number of hydrogen-bond donors (Lipinski definition) is 1. The summed E-state index contributed by atoms with van der Waals surface area (Å²) in [6.07, 6.45) is 1.10. The first-order valence-electron chi connectivity index (χ1n) is 11.4. The molecule has 1 heterocycles. The third kappa shape index (κ3) is 6.81. The molecular weight excluding hydrogens is 537 g/mol. The van der Waals surface area contributed by atoms with Crippen LogP contribution in [0.4, 0.5) is 11.4 Å². The van der Waals surface area contributed by atoms with Crippen LogP contribution in [0.2, 0.25) is 10.0 Å². The number of sulfonamides is 1. The average Bonchev–Trinajstić information content (AvgIpc) is 2.87. The summed E-state index contributed by atoms with van der Waals surface area (Å²) in [6, 6.07) is 18.0. The van der Waals surface area contributed by atoms with Crippen molar-refractivity contribution in [1.82, 2.24) is 4.90 Å². The summed E-state index contributed by atoms with van der Waals surface area (Å²) >= 11 is 12.1. The second-order valence-corrected chi connectivity index (χ2v) is 11.3. The van der Waals surface area contributed by atoms with Crippen molar-refractivity contribution in [2.24, 2.45) is 0 Å². The Labute approximate surface area is 225 Å². The van der Waals surface area contributed by atoms with Crippen LogP contribution < -0.4 is 9.62 Å². The van der Waals surface area contributed by atoms with Crippen LogP contribution in [-0.4, -0.2) is 57.7 Å². The highest BCUT2D eigenvalue weighted by Crippen LogP contribution is 2.28. The lowest BCUT2D eigenvalue weighted by Gasteiger charge is -2.27. The Balaban J connectivity index is 1.50. The van der Waals surface area contributed by atoms with Crippen molar-refractivity contribution in [3.63, 3.8) is 0 Å². The maximum atomic E-state index is 13.0. The number of carbonyl (C=O) groups is 2. The predicted molar refractivity (Wildman–Crippen MR) is 145 cm³/mol. The van der Waals surface area contributed by atoms with Gasteiger partial charge in [-0.05, 0) is 48.0 Å². The molecule has 0 bridgehead atoms. The number of rotatable bonds is 7. The zero-order valence-corrected chi connectivity index (χ0v) is 22.3. The summed E-state index contributed by atoms with van der Waals surface area (Å²) in [5, 5.41) is 3.45. The van der Waals surface area contributed by atoms with Crippen molar-refractivity contribution in [3.8, 4) is 0 Å². The van der Waals surface area contributed by atoms with Crippen LogP contribution in [0.5, 0.6) is 0 Å². The minimum Gasteiger partial charge on any atom is -0.378 e. The second kappa shape index (κ2) is 11.5. The highest BCUT2D eigenvalue weighted by atomic mass is 35.5. The summed E-state index contributed by atoms with van der Waals surface area (Å²) in [6.45, 7) is 1.97. The van der Waals surface area contributed by atoms with Gasteiger partial charge in [0.1, 0.15) is 0 Å². The topological polar surface area (TPSA) is 96.0 Å². The van der Waals surface area contributed by atoms with Crippen LogP contribution in [0.3, 0.4) is 0 Å². The molecule has 1 fully saturated rings. The van der Waals surface area contributed by atoms with Gasteiger partial charge in [0.15, 0.2) is 0 Å². The Bertz CT molecular complexity index is 1390. The van der Waals surface area contributed by atoms with Crippen LogP contribution in [0.25, 0.3) is 0 Å². The minimum absolute atomic E-state index is 0.0221. The Morgan fingerprint density at radius 1 is 0.973 bits per heavy atom. The third-order valence-electron chi connectivity index (χ3n) is 5.78. The largest absolute Gasteiger partial charge is 0.378 e. The number of nitrogens with one attached hydrogen (secondary N) is 1. The van der Waals surface area contributed by atoms with E-state index in [1.165, 1.54) is 22.5 Å². The maximum absolute atomic E-state index is 13.0. The highest BCUT2D eigenvalue weighted by molar-refractivity contribution is 7.92. The van der Waals surface area contributed by atoms with Gasteiger partial charge in [-0.1, -0.05) is 47.5 Å². The molecule has 1 N–H and O–H groups in total. The first kappa shape index (κ1) is 26.9. The summed E-state index contributed by atoms with van der Waals surface area (Å²) in [5.41, 5.74) is 2.16. The van der Waals surface area contributed by atoms with E-state index in [4.69, 9.17) is 27.9 Å². The van der Waals surface area contributed by atoms with Gasteiger partial charge in [0, 0.05) is 28.7 Å². The van der Waals surface area contributed by atoms with E-state index in [1.807, 2.05) is 0 Å². The molecule has 4 rings (SSSR count). The van der Waals surface area contributed by atoms with Gasteiger partial charge in [0.2, 0.25) is 10.0 Å². The number of halogens is 2. The molecule has 0 aromatic heterocycles. The molecule has 194 valence electrons. The van der Waals surface area contributed by atoms with Gasteiger partial charge >= 0.3 is 0 Å². The zero-order valence-electron chi connectivity index (χ0n) is 20.0. The second-order valence-electron chi connectivity index (χ2n) is 8.50. The van der Waals surface area contributed by atoms with Gasteiger partial charge in [0.05, 0.1) is 43.0 Å². The summed E-state index contributed by atoms with van der Waals surface area (Å²) in [7, 11) is -3.65. The number of morpholine rings is 1. The van der Waals surface area contributed by atoms with Crippen LogP contribution in [0.1, 0.15) is 26.3 Å². The molecule has 1 saturated heterocycles. The fourth-order valence-electron chi connectivity index (χ4n) is 3.92. The van der Waals surface area contributed by atoms with Crippen LogP contribution in [0.15, 0.2) is 66.7 Å². The molecule has 37 heavy (non-hydrogen) atoms. The number of nitrogens with zero attached hydrogens (tertiary/aromatic N) is 2. The normalized spacial score (nSPS) is 13.8. The Hall–Kier alpha value is -3.11. The first-order valence-corrected chi connectivity index (χ1v) is 14.0. The van der Waals surface area contributed by atoms with Crippen molar-refractivity contribution in [2.75, 3.05) is 42.2 Å². The Morgan fingerprint density at radius 2 is 1.59 bits per heavy atom. The lowest BCUT2D eigenvalue weighted by atomic mass is 10.1. The van der Waals surface area contributed by atoms with E-state index in [0.29, 0.717) is 64.4 Å². The molecule has 11 heteroatoms. The van der Waals surface area contributed by atoms with Crippen LogP contribution in [-0.2, 0) is 21.3 Å². The van der Waals surface area contributed by atoms with Gasteiger partial charge in [-0.2, -0.15) is 0 Å². The molecule has 2 amide bonds. The average molecular weight is 562 g/mol. The van der Waals surface area contributed by atoms with E-state index >= 15 is 0 Å². The molecule has 1 aliphatic heterocycles. The molecule has 0 spiro atoms. The molecule has 1 aliphatic rings. The molecule has 0 saturated carbocycles. The van der Waals surface area contributed by atoms with Crippen LogP contribution in [0, 0.1) is 0 Å². The molecule has 3 aromatic carbocycles. The van der Waals surface area contributed by atoms with Crippen molar-refractivity contribution in [3.05, 3.63) is 93.5 Å². The van der Waals surface area contributed by atoms with Crippen molar-refractivity contribution >= 4 is 56.4 Å². The van der Waals surface area contributed by atoms with E-state index in [-0.39, 0.29) is 12.5 Å².